The van der Waals surface area contributed by atoms with Crippen LogP contribution in [0.4, 0.5) is 0 Å². The molecule has 0 N–H and O–H groups in total. The lowest BCUT2D eigenvalue weighted by atomic mass is 9.50. The van der Waals surface area contributed by atoms with Crippen LogP contribution < -0.4 is 0 Å². The SMILES string of the molecule is O=C(CCCC(C1CCCCC1)(C1CCCCC1)C1CCCCC1)OC(=O)CCCC(C1CCCCC1)(C1CCCCC1)C1CCCCC1. The molecule has 6 rings (SSSR count). The van der Waals surface area contributed by atoms with Gasteiger partial charge in [-0.3, -0.25) is 9.59 Å². The van der Waals surface area contributed by atoms with Gasteiger partial charge in [0.25, 0.3) is 0 Å². The Morgan fingerprint density at radius 1 is 0.347 bits per heavy atom. The van der Waals surface area contributed by atoms with E-state index in [-0.39, 0.29) is 11.9 Å². The standard InChI is InChI=1S/C46H78O3/c47-43(33-19-35-45(37-21-7-1-8-22-37,38-23-9-2-10-24-38)39-25-11-3-12-26-39)49-44(48)34-20-36-46(40-27-13-4-14-28-40,41-29-15-5-16-30-41)42-31-17-6-18-32-42/h37-42H,1-36H2. The molecule has 0 aromatic rings. The Kier molecular flexibility index (Phi) is 14.9. The van der Waals surface area contributed by atoms with Gasteiger partial charge in [0.05, 0.1) is 0 Å². The lowest BCUT2D eigenvalue weighted by Crippen LogP contribution is -2.47. The molecule has 0 saturated heterocycles. The summed E-state index contributed by atoms with van der Waals surface area (Å²) in [4.78, 5) is 26.7. The van der Waals surface area contributed by atoms with Crippen molar-refractivity contribution in [2.45, 2.75) is 231 Å². The van der Waals surface area contributed by atoms with Crippen molar-refractivity contribution in [1.29, 1.82) is 0 Å². The van der Waals surface area contributed by atoms with Gasteiger partial charge >= 0.3 is 11.9 Å². The molecule has 0 radical (unpaired) electrons. The maximum absolute atomic E-state index is 13.3. The van der Waals surface area contributed by atoms with Gasteiger partial charge in [-0.25, -0.2) is 0 Å². The highest BCUT2D eigenvalue weighted by atomic mass is 16.6. The van der Waals surface area contributed by atoms with Crippen LogP contribution in [0, 0.1) is 46.3 Å². The third kappa shape index (κ3) is 9.39. The van der Waals surface area contributed by atoms with Crippen LogP contribution in [0.15, 0.2) is 0 Å². The molecule has 6 aliphatic rings. The van der Waals surface area contributed by atoms with E-state index in [1.807, 2.05) is 0 Å². The molecule has 6 fully saturated rings. The first-order valence-corrected chi connectivity index (χ1v) is 22.9. The molecule has 0 heterocycles. The summed E-state index contributed by atoms with van der Waals surface area (Å²) >= 11 is 0. The quantitative estimate of drug-likeness (QED) is 0.136. The first kappa shape index (κ1) is 37.9. The summed E-state index contributed by atoms with van der Waals surface area (Å²) in [5, 5.41) is 0. The second-order valence-electron chi connectivity index (χ2n) is 18.8. The van der Waals surface area contributed by atoms with Crippen molar-refractivity contribution in [2.24, 2.45) is 46.3 Å². The Balaban J connectivity index is 1.06. The van der Waals surface area contributed by atoms with E-state index < -0.39 is 0 Å². The van der Waals surface area contributed by atoms with E-state index in [4.69, 9.17) is 4.74 Å². The topological polar surface area (TPSA) is 43.4 Å². The minimum atomic E-state index is -0.229. The molecule has 6 aliphatic carbocycles. The lowest BCUT2D eigenvalue weighted by Gasteiger charge is -2.55. The molecular formula is C46H78O3. The maximum Gasteiger partial charge on any atom is 0.313 e. The number of carbonyl (C=O) groups is 2. The Bertz CT molecular complexity index is 795. The third-order valence-corrected chi connectivity index (χ3v) is 16.4. The van der Waals surface area contributed by atoms with E-state index in [0.29, 0.717) is 23.7 Å². The van der Waals surface area contributed by atoms with Crippen molar-refractivity contribution in [3.05, 3.63) is 0 Å². The number of esters is 2. The second-order valence-corrected chi connectivity index (χ2v) is 18.8. The molecule has 280 valence electrons. The van der Waals surface area contributed by atoms with E-state index >= 15 is 0 Å². The van der Waals surface area contributed by atoms with Gasteiger partial charge in [0, 0.05) is 12.8 Å². The van der Waals surface area contributed by atoms with Crippen molar-refractivity contribution in [2.75, 3.05) is 0 Å². The summed E-state index contributed by atoms with van der Waals surface area (Å²) in [5.41, 5.74) is 0.846. The molecule has 0 aromatic heterocycles. The van der Waals surface area contributed by atoms with Crippen molar-refractivity contribution in [3.8, 4) is 0 Å². The molecule has 0 atom stereocenters. The van der Waals surface area contributed by atoms with Gasteiger partial charge < -0.3 is 4.74 Å². The molecule has 0 aliphatic heterocycles. The molecule has 6 saturated carbocycles. The van der Waals surface area contributed by atoms with Gasteiger partial charge in [-0.05, 0) is 149 Å². The fourth-order valence-corrected chi connectivity index (χ4v) is 14.4. The van der Waals surface area contributed by atoms with Crippen molar-refractivity contribution < 1.29 is 14.3 Å². The predicted molar refractivity (Wildman–Crippen MR) is 203 cm³/mol. The highest BCUT2D eigenvalue weighted by molar-refractivity contribution is 5.85. The predicted octanol–water partition coefficient (Wildman–Crippen LogP) is 13.9. The Hall–Kier alpha value is -0.860. The summed E-state index contributed by atoms with van der Waals surface area (Å²) in [6.45, 7) is 0. The van der Waals surface area contributed by atoms with Crippen molar-refractivity contribution >= 4 is 11.9 Å². The summed E-state index contributed by atoms with van der Waals surface area (Å²) < 4.78 is 5.67. The molecule has 3 heteroatoms. The minimum absolute atomic E-state index is 0.229. The minimum Gasteiger partial charge on any atom is -0.393 e. The molecule has 0 spiro atoms. The number of hydrogen-bond donors (Lipinski definition) is 0. The van der Waals surface area contributed by atoms with Crippen LogP contribution in [0.5, 0.6) is 0 Å². The van der Waals surface area contributed by atoms with Crippen molar-refractivity contribution in [1.82, 2.24) is 0 Å². The second kappa shape index (κ2) is 19.3. The van der Waals surface area contributed by atoms with Gasteiger partial charge in [0.2, 0.25) is 0 Å². The summed E-state index contributed by atoms with van der Waals surface area (Å²) in [6, 6.07) is 0. The number of carbonyl (C=O) groups excluding carboxylic acids is 2. The molecule has 0 unspecified atom stereocenters. The van der Waals surface area contributed by atoms with E-state index in [1.54, 1.807) is 0 Å². The van der Waals surface area contributed by atoms with Crippen LogP contribution in [0.1, 0.15) is 231 Å². The highest BCUT2D eigenvalue weighted by Gasteiger charge is 2.51. The van der Waals surface area contributed by atoms with E-state index in [9.17, 15) is 9.59 Å². The van der Waals surface area contributed by atoms with Crippen LogP contribution in [0.25, 0.3) is 0 Å². The Labute approximate surface area is 303 Å². The number of ether oxygens (including phenoxy) is 1. The smallest absolute Gasteiger partial charge is 0.313 e. The zero-order valence-electron chi connectivity index (χ0n) is 32.1. The molecule has 3 nitrogen and oxygen atoms in total. The molecule has 0 aromatic carbocycles. The number of rotatable bonds is 14. The lowest BCUT2D eigenvalue weighted by molar-refractivity contribution is -0.160. The van der Waals surface area contributed by atoms with Crippen molar-refractivity contribution in [3.63, 3.8) is 0 Å². The fourth-order valence-electron chi connectivity index (χ4n) is 14.4. The zero-order valence-corrected chi connectivity index (χ0v) is 32.1. The van der Waals surface area contributed by atoms with E-state index in [0.717, 1.165) is 48.3 Å². The maximum atomic E-state index is 13.3. The monoisotopic (exact) mass is 679 g/mol. The average molecular weight is 679 g/mol. The van der Waals surface area contributed by atoms with Crippen LogP contribution in [-0.2, 0) is 14.3 Å². The summed E-state index contributed by atoms with van der Waals surface area (Å²) in [6.07, 6.45) is 47.5. The molecule has 49 heavy (non-hydrogen) atoms. The van der Waals surface area contributed by atoms with E-state index in [1.165, 1.54) is 205 Å². The molecular weight excluding hydrogens is 601 g/mol. The van der Waals surface area contributed by atoms with Crippen LogP contribution in [0.2, 0.25) is 0 Å². The van der Waals surface area contributed by atoms with Crippen LogP contribution in [0.3, 0.4) is 0 Å². The van der Waals surface area contributed by atoms with E-state index in [2.05, 4.69) is 0 Å². The van der Waals surface area contributed by atoms with Crippen LogP contribution in [-0.4, -0.2) is 11.9 Å². The average Bonchev–Trinajstić information content (AvgIpc) is 3.17. The van der Waals surface area contributed by atoms with Gasteiger partial charge in [-0.15, -0.1) is 0 Å². The number of hydrogen-bond acceptors (Lipinski definition) is 3. The fraction of sp³-hybridized carbons (Fsp3) is 0.957. The first-order valence-electron chi connectivity index (χ1n) is 22.9. The summed E-state index contributed by atoms with van der Waals surface area (Å²) in [5.74, 6) is 4.64. The van der Waals surface area contributed by atoms with Gasteiger partial charge in [0.1, 0.15) is 0 Å². The van der Waals surface area contributed by atoms with Gasteiger partial charge in [-0.2, -0.15) is 0 Å². The van der Waals surface area contributed by atoms with Crippen LogP contribution >= 0.6 is 0 Å². The molecule has 0 amide bonds. The third-order valence-electron chi connectivity index (χ3n) is 16.4. The summed E-state index contributed by atoms with van der Waals surface area (Å²) in [7, 11) is 0. The van der Waals surface area contributed by atoms with Gasteiger partial charge in [0.15, 0.2) is 0 Å². The normalized spacial score (nSPS) is 25.7. The van der Waals surface area contributed by atoms with Gasteiger partial charge in [-0.1, -0.05) is 116 Å². The Morgan fingerprint density at radius 2 is 0.551 bits per heavy atom. The largest absolute Gasteiger partial charge is 0.393 e. The molecule has 0 bridgehead atoms. The Morgan fingerprint density at radius 3 is 0.755 bits per heavy atom. The first-order chi connectivity index (χ1) is 24.1. The zero-order chi connectivity index (χ0) is 33.8. The highest BCUT2D eigenvalue weighted by Crippen LogP contribution is 2.60.